The predicted octanol–water partition coefficient (Wildman–Crippen LogP) is 2.40. The van der Waals surface area contributed by atoms with Gasteiger partial charge in [0.15, 0.2) is 5.65 Å². The van der Waals surface area contributed by atoms with E-state index >= 15 is 0 Å². The van der Waals surface area contributed by atoms with Crippen LogP contribution in [0.3, 0.4) is 0 Å². The molecule has 1 N–H and O–H groups in total. The minimum absolute atomic E-state index is 0.383. The zero-order chi connectivity index (χ0) is 17.1. The molecule has 7 nitrogen and oxygen atoms in total. The summed E-state index contributed by atoms with van der Waals surface area (Å²) < 4.78 is 7.58. The summed E-state index contributed by atoms with van der Waals surface area (Å²) >= 11 is 0. The summed E-state index contributed by atoms with van der Waals surface area (Å²) in [6, 6.07) is 10.3. The monoisotopic (exact) mass is 334 g/mol. The molecular weight excluding hydrogens is 316 g/mol. The van der Waals surface area contributed by atoms with Gasteiger partial charge in [-0.25, -0.2) is 14.6 Å². The topological polar surface area (TPSA) is 88.7 Å². The molecule has 0 fully saturated rings. The fourth-order valence-corrected chi connectivity index (χ4v) is 3.12. The lowest BCUT2D eigenvalue weighted by Gasteiger charge is -2.25. The second-order valence-electron chi connectivity index (χ2n) is 6.11. The van der Waals surface area contributed by atoms with Crippen molar-refractivity contribution in [2.45, 2.75) is 19.4 Å². The summed E-state index contributed by atoms with van der Waals surface area (Å²) in [4.78, 5) is 8.64. The van der Waals surface area contributed by atoms with Crippen LogP contribution in [0.25, 0.3) is 11.0 Å². The lowest BCUT2D eigenvalue weighted by Crippen LogP contribution is -2.27. The second-order valence-corrected chi connectivity index (χ2v) is 6.11. The Morgan fingerprint density at radius 1 is 1.32 bits per heavy atom. The van der Waals surface area contributed by atoms with Crippen LogP contribution >= 0.6 is 0 Å². The van der Waals surface area contributed by atoms with Crippen LogP contribution in [0.1, 0.15) is 12.0 Å². The van der Waals surface area contributed by atoms with Crippen LogP contribution in [-0.2, 0) is 13.0 Å². The summed E-state index contributed by atoms with van der Waals surface area (Å²) in [5, 5.41) is 17.3. The number of rotatable bonds is 5. The van der Waals surface area contributed by atoms with Crippen molar-refractivity contribution in [2.75, 3.05) is 18.5 Å². The van der Waals surface area contributed by atoms with Gasteiger partial charge in [-0.3, -0.25) is 0 Å². The molecule has 1 aliphatic heterocycles. The van der Waals surface area contributed by atoms with Crippen LogP contribution in [0.5, 0.6) is 5.75 Å². The van der Waals surface area contributed by atoms with Crippen LogP contribution < -0.4 is 10.1 Å². The first-order valence-corrected chi connectivity index (χ1v) is 8.33. The van der Waals surface area contributed by atoms with E-state index in [0.717, 1.165) is 35.6 Å². The van der Waals surface area contributed by atoms with E-state index in [1.54, 1.807) is 10.9 Å². The van der Waals surface area contributed by atoms with Gasteiger partial charge in [-0.15, -0.1) is 0 Å². The van der Waals surface area contributed by atoms with E-state index in [1.165, 1.54) is 11.9 Å². The average molecular weight is 334 g/mol. The summed E-state index contributed by atoms with van der Waals surface area (Å²) in [6.45, 7) is 1.99. The molecule has 25 heavy (non-hydrogen) atoms. The molecule has 1 aliphatic rings. The first kappa shape index (κ1) is 15.4. The van der Waals surface area contributed by atoms with Crippen molar-refractivity contribution in [3.63, 3.8) is 0 Å². The van der Waals surface area contributed by atoms with Gasteiger partial charge in [0.05, 0.1) is 37.2 Å². The third-order valence-corrected chi connectivity index (χ3v) is 4.38. The van der Waals surface area contributed by atoms with E-state index in [0.29, 0.717) is 25.5 Å². The predicted molar refractivity (Wildman–Crippen MR) is 93.2 cm³/mol. The van der Waals surface area contributed by atoms with Gasteiger partial charge in [-0.1, -0.05) is 18.2 Å². The number of nitrogens with one attached hydrogen (secondary N) is 1. The third-order valence-electron chi connectivity index (χ3n) is 4.38. The number of ether oxygens (including phenoxy) is 1. The molecule has 0 amide bonds. The van der Waals surface area contributed by atoms with Crippen molar-refractivity contribution < 1.29 is 4.74 Å². The third kappa shape index (κ3) is 3.11. The molecule has 3 heterocycles. The molecule has 0 saturated heterocycles. The van der Waals surface area contributed by atoms with Crippen LogP contribution in [-0.4, -0.2) is 32.9 Å². The van der Waals surface area contributed by atoms with Crippen LogP contribution in [0, 0.1) is 17.2 Å². The number of para-hydroxylation sites is 1. The highest BCUT2D eigenvalue weighted by molar-refractivity contribution is 5.86. The Hall–Kier alpha value is -3.14. The maximum absolute atomic E-state index is 8.74. The lowest BCUT2D eigenvalue weighted by molar-refractivity contribution is 0.229. The lowest BCUT2D eigenvalue weighted by atomic mass is 9.97. The van der Waals surface area contributed by atoms with Gasteiger partial charge in [0.25, 0.3) is 0 Å². The second kappa shape index (κ2) is 6.77. The Morgan fingerprint density at radius 3 is 3.16 bits per heavy atom. The highest BCUT2D eigenvalue weighted by Gasteiger charge is 2.20. The molecule has 0 bridgehead atoms. The van der Waals surface area contributed by atoms with Crippen molar-refractivity contribution in [2.24, 2.45) is 5.92 Å². The van der Waals surface area contributed by atoms with Gasteiger partial charge in [0.1, 0.15) is 17.9 Å². The SMILES string of the molecule is N#CCCn1ncc2c(NCC3COc4ccccc4C3)ncnc21. The number of aromatic nitrogens is 4. The highest BCUT2D eigenvalue weighted by atomic mass is 16.5. The minimum atomic E-state index is 0.383. The van der Waals surface area contributed by atoms with E-state index in [-0.39, 0.29) is 0 Å². The van der Waals surface area contributed by atoms with Gasteiger partial charge in [0.2, 0.25) is 0 Å². The maximum atomic E-state index is 8.74. The van der Waals surface area contributed by atoms with E-state index in [4.69, 9.17) is 10.00 Å². The summed E-state index contributed by atoms with van der Waals surface area (Å²) in [5.41, 5.74) is 2.00. The van der Waals surface area contributed by atoms with Crippen molar-refractivity contribution >= 4 is 16.9 Å². The molecule has 1 aromatic carbocycles. The first-order valence-electron chi connectivity index (χ1n) is 8.33. The normalized spacial score (nSPS) is 16.0. The van der Waals surface area contributed by atoms with Gasteiger partial charge in [0, 0.05) is 12.5 Å². The molecule has 2 aromatic heterocycles. The molecule has 1 atom stereocenters. The fraction of sp³-hybridized carbons (Fsp3) is 0.333. The number of nitrogens with zero attached hydrogens (tertiary/aromatic N) is 5. The largest absolute Gasteiger partial charge is 0.493 e. The average Bonchev–Trinajstić information content (AvgIpc) is 3.08. The van der Waals surface area contributed by atoms with Crippen LogP contribution in [0.15, 0.2) is 36.8 Å². The maximum Gasteiger partial charge on any atom is 0.163 e. The molecule has 1 unspecified atom stereocenters. The van der Waals surface area contributed by atoms with Crippen LogP contribution in [0.4, 0.5) is 5.82 Å². The van der Waals surface area contributed by atoms with E-state index in [2.05, 4.69) is 32.5 Å². The Balaban J connectivity index is 1.47. The number of hydrogen-bond acceptors (Lipinski definition) is 6. The van der Waals surface area contributed by atoms with E-state index < -0.39 is 0 Å². The number of anilines is 1. The molecule has 0 saturated carbocycles. The Kier molecular flexibility index (Phi) is 4.17. The summed E-state index contributed by atoms with van der Waals surface area (Å²) in [7, 11) is 0. The molecular formula is C18H18N6O. The molecule has 0 radical (unpaired) electrons. The van der Waals surface area contributed by atoms with Gasteiger partial charge >= 0.3 is 0 Å². The van der Waals surface area contributed by atoms with E-state index in [9.17, 15) is 0 Å². The molecule has 0 spiro atoms. The molecule has 126 valence electrons. The zero-order valence-corrected chi connectivity index (χ0v) is 13.7. The van der Waals surface area contributed by atoms with E-state index in [1.807, 2.05) is 18.2 Å². The van der Waals surface area contributed by atoms with Crippen LogP contribution in [0.2, 0.25) is 0 Å². The highest BCUT2D eigenvalue weighted by Crippen LogP contribution is 2.27. The standard InChI is InChI=1S/C18H18N6O/c19-6-3-7-24-18-15(10-23-24)17(21-12-22-18)20-9-13-8-14-4-1-2-5-16(14)25-11-13/h1-2,4-5,10,12-13H,3,7-9,11H2,(H,20,21,22). The molecule has 4 rings (SSSR count). The van der Waals surface area contributed by atoms with Crippen molar-refractivity contribution in [3.8, 4) is 11.8 Å². The summed E-state index contributed by atoms with van der Waals surface area (Å²) in [6.07, 6.45) is 4.67. The smallest absolute Gasteiger partial charge is 0.163 e. The van der Waals surface area contributed by atoms with Gasteiger partial charge in [-0.05, 0) is 18.1 Å². The molecule has 0 aliphatic carbocycles. The minimum Gasteiger partial charge on any atom is -0.493 e. The Morgan fingerprint density at radius 2 is 2.24 bits per heavy atom. The van der Waals surface area contributed by atoms with Gasteiger partial charge in [-0.2, -0.15) is 10.4 Å². The molecule has 3 aromatic rings. The van der Waals surface area contributed by atoms with Crippen molar-refractivity contribution in [1.82, 2.24) is 19.7 Å². The zero-order valence-electron chi connectivity index (χ0n) is 13.7. The number of fused-ring (bicyclic) bond motifs is 2. The first-order chi connectivity index (χ1) is 12.3. The van der Waals surface area contributed by atoms with Crippen molar-refractivity contribution in [3.05, 3.63) is 42.4 Å². The Labute approximate surface area is 145 Å². The number of benzene rings is 1. The molecule has 7 heteroatoms. The fourth-order valence-electron chi connectivity index (χ4n) is 3.12. The Bertz CT molecular complexity index is 929. The number of aryl methyl sites for hydroxylation is 1. The number of nitriles is 1. The number of hydrogen-bond donors (Lipinski definition) is 1. The quantitative estimate of drug-likeness (QED) is 0.771. The summed E-state index contributed by atoms with van der Waals surface area (Å²) in [5.74, 6) is 2.14. The van der Waals surface area contributed by atoms with Crippen molar-refractivity contribution in [1.29, 1.82) is 5.26 Å². The van der Waals surface area contributed by atoms with Gasteiger partial charge < -0.3 is 10.1 Å².